The summed E-state index contributed by atoms with van der Waals surface area (Å²) in [6, 6.07) is 9.26. The Morgan fingerprint density at radius 1 is 1.41 bits per heavy atom. The topological polar surface area (TPSA) is 15.3 Å². The highest BCUT2D eigenvalue weighted by atomic mass is 35.5. The van der Waals surface area contributed by atoms with E-state index in [1.165, 1.54) is 18.4 Å². The first kappa shape index (κ1) is 12.9. The summed E-state index contributed by atoms with van der Waals surface area (Å²) in [7, 11) is 2.16. The molecule has 1 saturated carbocycles. The van der Waals surface area contributed by atoms with Crippen LogP contribution in [-0.2, 0) is 0 Å². The zero-order chi connectivity index (χ0) is 12.3. The van der Waals surface area contributed by atoms with Crippen molar-refractivity contribution < 1.29 is 0 Å². The Morgan fingerprint density at radius 3 is 2.76 bits per heavy atom. The van der Waals surface area contributed by atoms with Crippen molar-refractivity contribution in [3.63, 3.8) is 0 Å². The second-order valence-corrected chi connectivity index (χ2v) is 5.31. The van der Waals surface area contributed by atoms with Gasteiger partial charge in [0.15, 0.2) is 0 Å². The van der Waals surface area contributed by atoms with Crippen LogP contribution in [0.15, 0.2) is 24.3 Å². The van der Waals surface area contributed by atoms with Crippen LogP contribution in [-0.4, -0.2) is 31.1 Å². The fraction of sp³-hybridized carbons (Fsp3) is 0.571. The molecule has 0 radical (unpaired) electrons. The van der Waals surface area contributed by atoms with Crippen LogP contribution in [0.2, 0.25) is 5.02 Å². The first-order valence-corrected chi connectivity index (χ1v) is 6.74. The lowest BCUT2D eigenvalue weighted by Crippen LogP contribution is -2.32. The largest absolute Gasteiger partial charge is 0.313 e. The lowest BCUT2D eigenvalue weighted by molar-refractivity contribution is 0.261. The number of benzene rings is 1. The summed E-state index contributed by atoms with van der Waals surface area (Å²) in [6.45, 7) is 4.33. The lowest BCUT2D eigenvalue weighted by Gasteiger charge is -2.25. The molecule has 2 nitrogen and oxygen atoms in total. The molecule has 0 aromatic heterocycles. The third-order valence-electron chi connectivity index (χ3n) is 3.49. The predicted molar refractivity (Wildman–Crippen MR) is 73.5 cm³/mol. The van der Waals surface area contributed by atoms with Gasteiger partial charge in [-0.15, -0.1) is 0 Å². The fourth-order valence-corrected chi connectivity index (χ4v) is 2.27. The van der Waals surface area contributed by atoms with Crippen LogP contribution in [0.4, 0.5) is 0 Å². The van der Waals surface area contributed by atoms with Crippen molar-refractivity contribution in [1.29, 1.82) is 0 Å². The Kier molecular flexibility index (Phi) is 4.43. The minimum absolute atomic E-state index is 0.365. The molecule has 0 heterocycles. The minimum atomic E-state index is 0.365. The molecule has 1 unspecified atom stereocenters. The molecule has 1 aliphatic carbocycles. The molecule has 1 aromatic carbocycles. The number of rotatable bonds is 6. The number of halogens is 1. The van der Waals surface area contributed by atoms with Gasteiger partial charge in [-0.1, -0.05) is 29.8 Å². The van der Waals surface area contributed by atoms with Crippen molar-refractivity contribution in [2.45, 2.75) is 31.8 Å². The van der Waals surface area contributed by atoms with Crippen molar-refractivity contribution in [3.05, 3.63) is 34.9 Å². The normalized spacial score (nSPS) is 17.4. The van der Waals surface area contributed by atoms with Gasteiger partial charge in [-0.25, -0.2) is 0 Å². The summed E-state index contributed by atoms with van der Waals surface area (Å²) in [6.07, 6.45) is 2.70. The standard InChI is InChI=1S/C14H21ClN2/c1-11(13-5-3-4-6-14(13)15)17(2)10-9-16-12-7-8-12/h3-6,11-12,16H,7-10H2,1-2H3. The Balaban J connectivity index is 1.84. The van der Waals surface area contributed by atoms with E-state index in [1.807, 2.05) is 18.2 Å². The predicted octanol–water partition coefficient (Wildman–Crippen LogP) is 3.08. The van der Waals surface area contributed by atoms with Crippen molar-refractivity contribution >= 4 is 11.6 Å². The van der Waals surface area contributed by atoms with Crippen LogP contribution < -0.4 is 5.32 Å². The third-order valence-corrected chi connectivity index (χ3v) is 3.84. The fourth-order valence-electron chi connectivity index (χ4n) is 1.98. The van der Waals surface area contributed by atoms with E-state index in [0.717, 1.165) is 24.2 Å². The maximum atomic E-state index is 6.22. The molecule has 1 atom stereocenters. The molecule has 1 aliphatic rings. The van der Waals surface area contributed by atoms with Crippen LogP contribution >= 0.6 is 11.6 Å². The number of nitrogens with zero attached hydrogens (tertiary/aromatic N) is 1. The molecule has 0 aliphatic heterocycles. The molecule has 1 N–H and O–H groups in total. The van der Waals surface area contributed by atoms with Crippen LogP contribution in [0.25, 0.3) is 0 Å². The SMILES string of the molecule is CC(c1ccccc1Cl)N(C)CCNC1CC1. The zero-order valence-corrected chi connectivity index (χ0v) is 11.4. The molecule has 0 amide bonds. The molecular weight excluding hydrogens is 232 g/mol. The molecule has 3 heteroatoms. The molecule has 2 rings (SSSR count). The maximum Gasteiger partial charge on any atom is 0.0453 e. The third kappa shape index (κ3) is 3.70. The smallest absolute Gasteiger partial charge is 0.0453 e. The number of nitrogens with one attached hydrogen (secondary N) is 1. The highest BCUT2D eigenvalue weighted by Crippen LogP contribution is 2.25. The first-order chi connectivity index (χ1) is 8.18. The van der Waals surface area contributed by atoms with Crippen molar-refractivity contribution in [1.82, 2.24) is 10.2 Å². The monoisotopic (exact) mass is 252 g/mol. The van der Waals surface area contributed by atoms with Gasteiger partial charge in [0.2, 0.25) is 0 Å². The number of hydrogen-bond acceptors (Lipinski definition) is 2. The van der Waals surface area contributed by atoms with E-state index in [1.54, 1.807) is 0 Å². The van der Waals surface area contributed by atoms with Gasteiger partial charge in [0.1, 0.15) is 0 Å². The van der Waals surface area contributed by atoms with Crippen molar-refractivity contribution in [2.24, 2.45) is 0 Å². The first-order valence-electron chi connectivity index (χ1n) is 6.36. The molecule has 1 fully saturated rings. The summed E-state index contributed by atoms with van der Waals surface area (Å²) in [4.78, 5) is 2.34. The molecule has 17 heavy (non-hydrogen) atoms. The second-order valence-electron chi connectivity index (χ2n) is 4.91. The second kappa shape index (κ2) is 5.85. The highest BCUT2D eigenvalue weighted by Gasteiger charge is 2.20. The van der Waals surface area contributed by atoms with Gasteiger partial charge in [0.05, 0.1) is 0 Å². The zero-order valence-electron chi connectivity index (χ0n) is 10.6. The molecular formula is C14H21ClN2. The van der Waals surface area contributed by atoms with Crippen LogP contribution in [0, 0.1) is 0 Å². The quantitative estimate of drug-likeness (QED) is 0.837. The minimum Gasteiger partial charge on any atom is -0.313 e. The van der Waals surface area contributed by atoms with Gasteiger partial charge in [0, 0.05) is 30.2 Å². The Labute approximate surface area is 109 Å². The average molecular weight is 253 g/mol. The summed E-state index contributed by atoms with van der Waals surface area (Å²) < 4.78 is 0. The molecule has 0 spiro atoms. The van der Waals surface area contributed by atoms with E-state index in [9.17, 15) is 0 Å². The van der Waals surface area contributed by atoms with Gasteiger partial charge in [-0.2, -0.15) is 0 Å². The van der Waals surface area contributed by atoms with Gasteiger partial charge in [0.25, 0.3) is 0 Å². The van der Waals surface area contributed by atoms with Gasteiger partial charge in [-0.3, -0.25) is 4.90 Å². The van der Waals surface area contributed by atoms with Gasteiger partial charge in [-0.05, 0) is 38.4 Å². The van der Waals surface area contributed by atoms with E-state index in [2.05, 4.69) is 30.3 Å². The average Bonchev–Trinajstić information content (AvgIpc) is 3.13. The van der Waals surface area contributed by atoms with Crippen molar-refractivity contribution in [3.8, 4) is 0 Å². The number of hydrogen-bond donors (Lipinski definition) is 1. The van der Waals surface area contributed by atoms with Crippen molar-refractivity contribution in [2.75, 3.05) is 20.1 Å². The Morgan fingerprint density at radius 2 is 2.12 bits per heavy atom. The van der Waals surface area contributed by atoms with E-state index in [-0.39, 0.29) is 0 Å². The molecule has 0 bridgehead atoms. The highest BCUT2D eigenvalue weighted by molar-refractivity contribution is 6.31. The Bertz CT molecular complexity index is 363. The summed E-state index contributed by atoms with van der Waals surface area (Å²) in [5.74, 6) is 0. The van der Waals surface area contributed by atoms with Crippen LogP contribution in [0.5, 0.6) is 0 Å². The summed E-state index contributed by atoms with van der Waals surface area (Å²) >= 11 is 6.22. The van der Waals surface area contributed by atoms with E-state index < -0.39 is 0 Å². The van der Waals surface area contributed by atoms with Gasteiger partial charge < -0.3 is 5.32 Å². The Hall–Kier alpha value is -0.570. The lowest BCUT2D eigenvalue weighted by atomic mass is 10.1. The van der Waals surface area contributed by atoms with E-state index in [0.29, 0.717) is 6.04 Å². The summed E-state index contributed by atoms with van der Waals surface area (Å²) in [5.41, 5.74) is 1.21. The molecule has 94 valence electrons. The van der Waals surface area contributed by atoms with E-state index in [4.69, 9.17) is 11.6 Å². The van der Waals surface area contributed by atoms with Crippen LogP contribution in [0.3, 0.4) is 0 Å². The number of likely N-dealkylation sites (N-methyl/N-ethyl adjacent to an activating group) is 1. The maximum absolute atomic E-state index is 6.22. The van der Waals surface area contributed by atoms with E-state index >= 15 is 0 Å². The summed E-state index contributed by atoms with van der Waals surface area (Å²) in [5, 5.41) is 4.40. The van der Waals surface area contributed by atoms with Crippen LogP contribution in [0.1, 0.15) is 31.4 Å². The molecule has 1 aromatic rings. The van der Waals surface area contributed by atoms with Gasteiger partial charge >= 0.3 is 0 Å². The molecule has 0 saturated heterocycles.